The minimum atomic E-state index is -0.241. The van der Waals surface area contributed by atoms with E-state index in [9.17, 15) is 0 Å². The number of nitrogens with zero attached hydrogens (tertiary/aromatic N) is 3. The number of pyridine rings is 1. The summed E-state index contributed by atoms with van der Waals surface area (Å²) in [5.41, 5.74) is 5.02. The van der Waals surface area contributed by atoms with Crippen LogP contribution in [0.15, 0.2) is 35.4 Å². The van der Waals surface area contributed by atoms with Gasteiger partial charge in [-0.1, -0.05) is 6.07 Å². The highest BCUT2D eigenvalue weighted by atomic mass is 32.2. The van der Waals surface area contributed by atoms with Crippen molar-refractivity contribution < 1.29 is 23.7 Å². The molecule has 0 amide bonds. The maximum Gasteiger partial charge on any atom is 0.175 e. The lowest BCUT2D eigenvalue weighted by atomic mass is 9.99. The molecular weight excluding hydrogens is 478 g/mol. The quantitative estimate of drug-likeness (QED) is 0.383. The van der Waals surface area contributed by atoms with Gasteiger partial charge in [0.15, 0.2) is 6.29 Å². The molecule has 2 fully saturated rings. The number of aromatic nitrogens is 2. The first-order valence-electron chi connectivity index (χ1n) is 12.5. The molecule has 2 aliphatic rings. The molecule has 3 aromatic rings. The Morgan fingerprint density at radius 2 is 1.72 bits per heavy atom. The molecule has 0 radical (unpaired) electrons. The fourth-order valence-corrected chi connectivity index (χ4v) is 5.74. The molecule has 2 saturated heterocycles. The molecule has 2 aromatic heterocycles. The molecule has 0 spiro atoms. The van der Waals surface area contributed by atoms with E-state index in [2.05, 4.69) is 29.4 Å². The standard InChI is InChI=1S/C27H35N3O5S/c1-18-14-22(31-2)25(23(15-18)32-3)20-6-5-7-21-26(27(36-4)28-30(20)21)29(17-24-34-12-13-35-24)16-19-8-10-33-11-9-19/h5-7,14-15,19,24H,8-13,16-17H2,1-4H3. The van der Waals surface area contributed by atoms with Crippen LogP contribution in [0.5, 0.6) is 11.5 Å². The van der Waals surface area contributed by atoms with Crippen LogP contribution in [-0.4, -0.2) is 75.9 Å². The first-order chi connectivity index (χ1) is 17.6. The summed E-state index contributed by atoms with van der Waals surface area (Å²) in [7, 11) is 3.38. The van der Waals surface area contributed by atoms with Gasteiger partial charge in [-0.3, -0.25) is 0 Å². The Morgan fingerprint density at radius 3 is 2.36 bits per heavy atom. The Hall–Kier alpha value is -2.46. The Labute approximate surface area is 216 Å². The van der Waals surface area contributed by atoms with Crippen molar-refractivity contribution in [2.45, 2.75) is 31.1 Å². The van der Waals surface area contributed by atoms with Crippen molar-refractivity contribution in [3.05, 3.63) is 35.9 Å². The van der Waals surface area contributed by atoms with Crippen LogP contribution in [0.1, 0.15) is 18.4 Å². The number of anilines is 1. The second-order valence-corrected chi connectivity index (χ2v) is 10.0. The van der Waals surface area contributed by atoms with Gasteiger partial charge in [0.1, 0.15) is 16.5 Å². The van der Waals surface area contributed by atoms with E-state index in [4.69, 9.17) is 28.8 Å². The van der Waals surface area contributed by atoms with Gasteiger partial charge in [0, 0.05) is 19.8 Å². The first kappa shape index (κ1) is 25.2. The molecular formula is C27H35N3O5S. The lowest BCUT2D eigenvalue weighted by Gasteiger charge is -2.32. The summed E-state index contributed by atoms with van der Waals surface area (Å²) in [5, 5.41) is 6.06. The van der Waals surface area contributed by atoms with Crippen LogP contribution in [0.25, 0.3) is 16.8 Å². The first-order valence-corrected chi connectivity index (χ1v) is 13.7. The SMILES string of the molecule is COc1cc(C)cc(OC)c1-c1cccc2c(N(CC3CCOCC3)CC3OCCO3)c(SC)nn12. The number of rotatable bonds is 9. The van der Waals surface area contributed by atoms with Gasteiger partial charge in [-0.25, -0.2) is 4.52 Å². The molecule has 194 valence electrons. The molecule has 2 aliphatic heterocycles. The fourth-order valence-electron chi connectivity index (χ4n) is 5.15. The number of thioether (sulfide) groups is 1. The molecule has 4 heterocycles. The Bertz CT molecular complexity index is 1160. The van der Waals surface area contributed by atoms with Crippen molar-refractivity contribution >= 4 is 23.0 Å². The second-order valence-electron chi connectivity index (χ2n) is 9.24. The zero-order valence-electron chi connectivity index (χ0n) is 21.5. The molecule has 0 bridgehead atoms. The van der Waals surface area contributed by atoms with Crippen LogP contribution in [0.4, 0.5) is 5.69 Å². The summed E-state index contributed by atoms with van der Waals surface area (Å²) < 4.78 is 31.0. The Kier molecular flexibility index (Phi) is 7.90. The average molecular weight is 514 g/mol. The van der Waals surface area contributed by atoms with E-state index in [1.165, 1.54) is 0 Å². The van der Waals surface area contributed by atoms with Crippen molar-refractivity contribution in [1.82, 2.24) is 9.61 Å². The summed E-state index contributed by atoms with van der Waals surface area (Å²) in [4.78, 5) is 2.41. The average Bonchev–Trinajstić information content (AvgIpc) is 3.55. The number of methoxy groups -OCH3 is 2. The van der Waals surface area contributed by atoms with Gasteiger partial charge in [-0.15, -0.1) is 11.8 Å². The van der Waals surface area contributed by atoms with Gasteiger partial charge in [0.25, 0.3) is 0 Å². The van der Waals surface area contributed by atoms with E-state index >= 15 is 0 Å². The highest BCUT2D eigenvalue weighted by Gasteiger charge is 2.29. The monoisotopic (exact) mass is 513 g/mol. The zero-order chi connectivity index (χ0) is 25.1. The van der Waals surface area contributed by atoms with E-state index in [0.29, 0.717) is 25.7 Å². The lowest BCUT2D eigenvalue weighted by molar-refractivity contribution is -0.0351. The molecule has 9 heteroatoms. The summed E-state index contributed by atoms with van der Waals surface area (Å²) in [6.07, 6.45) is 3.95. The third kappa shape index (κ3) is 5.02. The summed E-state index contributed by atoms with van der Waals surface area (Å²) >= 11 is 1.65. The maximum absolute atomic E-state index is 5.87. The van der Waals surface area contributed by atoms with Crippen LogP contribution >= 0.6 is 11.8 Å². The zero-order valence-corrected chi connectivity index (χ0v) is 22.3. The van der Waals surface area contributed by atoms with Gasteiger partial charge in [-0.2, -0.15) is 5.10 Å². The van der Waals surface area contributed by atoms with Gasteiger partial charge in [0.2, 0.25) is 0 Å². The fraction of sp³-hybridized carbons (Fsp3) is 0.519. The second kappa shape index (κ2) is 11.3. The van der Waals surface area contributed by atoms with E-state index in [0.717, 1.165) is 77.2 Å². The van der Waals surface area contributed by atoms with Crippen molar-refractivity contribution in [1.29, 1.82) is 0 Å². The summed E-state index contributed by atoms with van der Waals surface area (Å²) in [5.74, 6) is 2.06. The third-order valence-electron chi connectivity index (χ3n) is 6.90. The molecule has 0 aliphatic carbocycles. The molecule has 0 unspecified atom stereocenters. The van der Waals surface area contributed by atoms with Gasteiger partial charge < -0.3 is 28.6 Å². The normalized spacial score (nSPS) is 17.1. The number of aryl methyl sites for hydroxylation is 1. The Morgan fingerprint density at radius 1 is 1.03 bits per heavy atom. The largest absolute Gasteiger partial charge is 0.496 e. The number of fused-ring (bicyclic) bond motifs is 1. The van der Waals surface area contributed by atoms with E-state index in [1.807, 2.05) is 23.6 Å². The Balaban J connectivity index is 1.63. The van der Waals surface area contributed by atoms with Crippen molar-refractivity contribution in [3.63, 3.8) is 0 Å². The predicted octanol–water partition coefficient (Wildman–Crippen LogP) is 4.65. The molecule has 8 nitrogen and oxygen atoms in total. The van der Waals surface area contributed by atoms with Crippen LogP contribution < -0.4 is 14.4 Å². The number of ether oxygens (including phenoxy) is 5. The topological polar surface area (TPSA) is 66.7 Å². The lowest BCUT2D eigenvalue weighted by Crippen LogP contribution is -2.38. The highest BCUT2D eigenvalue weighted by Crippen LogP contribution is 2.42. The highest BCUT2D eigenvalue weighted by molar-refractivity contribution is 7.98. The smallest absolute Gasteiger partial charge is 0.175 e. The number of hydrogen-bond donors (Lipinski definition) is 0. The van der Waals surface area contributed by atoms with Crippen molar-refractivity contribution in [3.8, 4) is 22.8 Å². The predicted molar refractivity (Wildman–Crippen MR) is 142 cm³/mol. The maximum atomic E-state index is 5.87. The third-order valence-corrected chi connectivity index (χ3v) is 7.56. The van der Waals surface area contributed by atoms with Crippen LogP contribution in [0.3, 0.4) is 0 Å². The number of benzene rings is 1. The molecule has 5 rings (SSSR count). The molecule has 0 atom stereocenters. The number of hydrogen-bond acceptors (Lipinski definition) is 8. The van der Waals surface area contributed by atoms with Crippen LogP contribution in [-0.2, 0) is 14.2 Å². The molecule has 0 saturated carbocycles. The molecule has 0 N–H and O–H groups in total. The van der Waals surface area contributed by atoms with Gasteiger partial charge >= 0.3 is 0 Å². The van der Waals surface area contributed by atoms with E-state index in [-0.39, 0.29) is 6.29 Å². The van der Waals surface area contributed by atoms with Crippen LogP contribution in [0, 0.1) is 12.8 Å². The molecule has 1 aromatic carbocycles. The minimum Gasteiger partial charge on any atom is -0.496 e. The summed E-state index contributed by atoms with van der Waals surface area (Å²) in [6.45, 7) is 6.51. The van der Waals surface area contributed by atoms with Crippen molar-refractivity contribution in [2.24, 2.45) is 5.92 Å². The van der Waals surface area contributed by atoms with Crippen LogP contribution in [0.2, 0.25) is 0 Å². The summed E-state index contributed by atoms with van der Waals surface area (Å²) in [6, 6.07) is 10.3. The molecule has 36 heavy (non-hydrogen) atoms. The van der Waals surface area contributed by atoms with E-state index in [1.54, 1.807) is 26.0 Å². The van der Waals surface area contributed by atoms with Gasteiger partial charge in [-0.05, 0) is 61.8 Å². The van der Waals surface area contributed by atoms with Gasteiger partial charge in [0.05, 0.1) is 56.4 Å². The van der Waals surface area contributed by atoms with Crippen molar-refractivity contribution in [2.75, 3.05) is 64.9 Å². The minimum absolute atomic E-state index is 0.241. The van der Waals surface area contributed by atoms with E-state index < -0.39 is 0 Å².